The molecule has 0 spiro atoms. The van der Waals surface area contributed by atoms with E-state index in [1.165, 1.54) is 15.9 Å². The van der Waals surface area contributed by atoms with Crippen LogP contribution in [-0.2, 0) is 27.4 Å². The minimum Gasteiger partial charge on any atom is -0.459 e. The van der Waals surface area contributed by atoms with Crippen LogP contribution in [0.25, 0.3) is 10.2 Å². The van der Waals surface area contributed by atoms with Crippen molar-refractivity contribution in [3.63, 3.8) is 0 Å². The Morgan fingerprint density at radius 2 is 2.03 bits per heavy atom. The van der Waals surface area contributed by atoms with Crippen LogP contribution in [0.1, 0.15) is 63.4 Å². The normalized spacial score (nSPS) is 23.1. The number of carbonyl (C=O) groups is 1. The van der Waals surface area contributed by atoms with Gasteiger partial charge in [0.05, 0.1) is 24.6 Å². The van der Waals surface area contributed by atoms with E-state index in [0.29, 0.717) is 35.8 Å². The van der Waals surface area contributed by atoms with Crippen LogP contribution in [0, 0.1) is 12.8 Å². The molecule has 0 radical (unpaired) electrons. The fourth-order valence-corrected chi connectivity index (χ4v) is 5.61. The molecule has 2 aromatic heterocycles. The van der Waals surface area contributed by atoms with Gasteiger partial charge in [-0.25, -0.2) is 4.79 Å². The fraction of sp³-hybridized carbons (Fsp3) is 0.696. The monoisotopic (exact) mass is 463 g/mol. The maximum absolute atomic E-state index is 13.4. The number of hydrogen-bond acceptors (Lipinski definition) is 7. The molecule has 1 aliphatic heterocycles. The number of aryl methyl sites for hydroxylation is 1. The zero-order valence-electron chi connectivity index (χ0n) is 19.5. The Kier molecular flexibility index (Phi) is 6.35. The summed E-state index contributed by atoms with van der Waals surface area (Å²) >= 11 is 1.45. The van der Waals surface area contributed by atoms with Gasteiger partial charge in [0.1, 0.15) is 10.4 Å². The third kappa shape index (κ3) is 4.70. The molecule has 3 heterocycles. The van der Waals surface area contributed by atoms with Gasteiger partial charge in [-0.05, 0) is 58.4 Å². The zero-order valence-corrected chi connectivity index (χ0v) is 20.3. The summed E-state index contributed by atoms with van der Waals surface area (Å²) in [5.41, 5.74) is -0.0952. The molecular weight excluding hydrogens is 430 g/mol. The van der Waals surface area contributed by atoms with Gasteiger partial charge in [-0.1, -0.05) is 6.92 Å². The van der Waals surface area contributed by atoms with Crippen LogP contribution in [0.3, 0.4) is 0 Å². The van der Waals surface area contributed by atoms with Crippen LogP contribution in [0.5, 0.6) is 0 Å². The topological polar surface area (TPSA) is 91.6 Å². The number of aromatic nitrogens is 2. The summed E-state index contributed by atoms with van der Waals surface area (Å²) in [7, 11) is 0. The van der Waals surface area contributed by atoms with E-state index < -0.39 is 5.60 Å². The highest BCUT2D eigenvalue weighted by molar-refractivity contribution is 7.18. The minimum atomic E-state index is -0.532. The molecule has 0 aromatic carbocycles. The standard InChI is InChI=1S/C23H33N3O5S/c1-13-9-16(13)26-20(28)19-14(2)17(10-24-11-18(27)31-23(3,4)5)32-21(19)25(22(26)29)12-15-7-6-8-30-15/h13,15-16,24H,6-12H2,1-5H3/t13-,15+,16-/m0/s1. The van der Waals surface area contributed by atoms with Crippen molar-refractivity contribution in [1.82, 2.24) is 14.5 Å². The molecule has 176 valence electrons. The average molecular weight is 464 g/mol. The Balaban J connectivity index is 1.66. The van der Waals surface area contributed by atoms with E-state index in [0.717, 1.165) is 29.7 Å². The summed E-state index contributed by atoms with van der Waals surface area (Å²) in [6.45, 7) is 11.2. The Bertz CT molecular complexity index is 1130. The first kappa shape index (κ1) is 23.2. The molecule has 2 fully saturated rings. The quantitative estimate of drug-likeness (QED) is 0.635. The van der Waals surface area contributed by atoms with Gasteiger partial charge in [-0.2, -0.15) is 0 Å². The highest BCUT2D eigenvalue weighted by Crippen LogP contribution is 2.41. The van der Waals surface area contributed by atoms with Crippen molar-refractivity contribution < 1.29 is 14.3 Å². The van der Waals surface area contributed by atoms with Crippen LogP contribution in [-0.4, -0.2) is 40.0 Å². The Morgan fingerprint density at radius 3 is 2.62 bits per heavy atom. The van der Waals surface area contributed by atoms with E-state index in [2.05, 4.69) is 12.2 Å². The van der Waals surface area contributed by atoms with Crippen molar-refractivity contribution in [3.05, 3.63) is 31.3 Å². The second-order valence-corrected chi connectivity index (χ2v) is 11.1. The van der Waals surface area contributed by atoms with E-state index in [-0.39, 0.29) is 35.9 Å². The summed E-state index contributed by atoms with van der Waals surface area (Å²) in [5, 5.41) is 3.74. The number of rotatable bonds is 7. The third-order valence-electron chi connectivity index (χ3n) is 6.13. The highest BCUT2D eigenvalue weighted by Gasteiger charge is 2.38. The van der Waals surface area contributed by atoms with Crippen LogP contribution >= 0.6 is 11.3 Å². The van der Waals surface area contributed by atoms with Crippen LogP contribution in [0.2, 0.25) is 0 Å². The van der Waals surface area contributed by atoms with E-state index >= 15 is 0 Å². The summed E-state index contributed by atoms with van der Waals surface area (Å²) in [6.07, 6.45) is 2.76. The maximum Gasteiger partial charge on any atom is 0.332 e. The smallest absolute Gasteiger partial charge is 0.332 e. The molecule has 1 saturated carbocycles. The van der Waals surface area contributed by atoms with Crippen molar-refractivity contribution in [3.8, 4) is 0 Å². The first-order valence-electron chi connectivity index (χ1n) is 11.4. The van der Waals surface area contributed by atoms with Gasteiger partial charge in [-0.15, -0.1) is 11.3 Å². The molecule has 3 atom stereocenters. The molecule has 1 saturated heterocycles. The van der Waals surface area contributed by atoms with Crippen molar-refractivity contribution in [2.75, 3.05) is 13.2 Å². The molecule has 1 N–H and O–H groups in total. The van der Waals surface area contributed by atoms with Gasteiger partial charge < -0.3 is 14.8 Å². The number of thiophene rings is 1. The first-order valence-corrected chi connectivity index (χ1v) is 12.2. The number of esters is 1. The van der Waals surface area contributed by atoms with Crippen LogP contribution < -0.4 is 16.6 Å². The number of nitrogens with zero attached hydrogens (tertiary/aromatic N) is 2. The van der Waals surface area contributed by atoms with Gasteiger partial charge in [0.25, 0.3) is 5.56 Å². The van der Waals surface area contributed by atoms with E-state index in [4.69, 9.17) is 9.47 Å². The number of carbonyl (C=O) groups excluding carboxylic acids is 1. The summed E-state index contributed by atoms with van der Waals surface area (Å²) in [5.74, 6) is 0.0135. The van der Waals surface area contributed by atoms with Gasteiger partial charge in [-0.3, -0.25) is 18.7 Å². The van der Waals surface area contributed by atoms with Gasteiger partial charge in [0, 0.05) is 24.1 Å². The van der Waals surface area contributed by atoms with Gasteiger partial charge >= 0.3 is 11.7 Å². The lowest BCUT2D eigenvalue weighted by Crippen LogP contribution is -2.41. The number of fused-ring (bicyclic) bond motifs is 1. The predicted octanol–water partition coefficient (Wildman–Crippen LogP) is 2.72. The third-order valence-corrected chi connectivity index (χ3v) is 7.44. The van der Waals surface area contributed by atoms with E-state index in [9.17, 15) is 14.4 Å². The Hall–Kier alpha value is -1.97. The second-order valence-electron chi connectivity index (χ2n) is 10.0. The molecule has 0 bridgehead atoms. The maximum atomic E-state index is 13.4. The van der Waals surface area contributed by atoms with Crippen molar-refractivity contribution in [2.45, 2.75) is 84.7 Å². The molecule has 32 heavy (non-hydrogen) atoms. The minimum absolute atomic E-state index is 0.00497. The molecule has 2 aromatic rings. The summed E-state index contributed by atoms with van der Waals surface area (Å²) in [6, 6.07) is -0.0248. The molecule has 4 rings (SSSR count). The first-order chi connectivity index (χ1) is 15.1. The van der Waals surface area contributed by atoms with Crippen LogP contribution in [0.4, 0.5) is 0 Å². The second kappa shape index (κ2) is 8.76. The fourth-order valence-electron chi connectivity index (χ4n) is 4.34. The lowest BCUT2D eigenvalue weighted by molar-refractivity contribution is -0.153. The van der Waals surface area contributed by atoms with Crippen molar-refractivity contribution in [2.24, 2.45) is 5.92 Å². The average Bonchev–Trinajstić information content (AvgIpc) is 3.07. The lowest BCUT2D eigenvalue weighted by Gasteiger charge is -2.19. The molecular formula is C23H33N3O5S. The largest absolute Gasteiger partial charge is 0.459 e. The Labute approximate surface area is 191 Å². The predicted molar refractivity (Wildman–Crippen MR) is 124 cm³/mol. The molecule has 2 aliphatic rings. The molecule has 0 unspecified atom stereocenters. The molecule has 0 amide bonds. The van der Waals surface area contributed by atoms with E-state index in [1.807, 2.05) is 27.7 Å². The SMILES string of the molecule is Cc1c(CNCC(=O)OC(C)(C)C)sc2c1c(=O)n([C@H]1C[C@@H]1C)c(=O)n2C[C@H]1CCCO1. The summed E-state index contributed by atoms with van der Waals surface area (Å²) < 4.78 is 14.3. The van der Waals surface area contributed by atoms with Gasteiger partial charge in [0.2, 0.25) is 0 Å². The zero-order chi connectivity index (χ0) is 23.2. The van der Waals surface area contributed by atoms with Crippen molar-refractivity contribution in [1.29, 1.82) is 0 Å². The highest BCUT2D eigenvalue weighted by atomic mass is 32.1. The van der Waals surface area contributed by atoms with Crippen LogP contribution in [0.15, 0.2) is 9.59 Å². The van der Waals surface area contributed by atoms with E-state index in [1.54, 1.807) is 4.57 Å². The summed E-state index contributed by atoms with van der Waals surface area (Å²) in [4.78, 5) is 40.4. The van der Waals surface area contributed by atoms with Gasteiger partial charge in [0.15, 0.2) is 0 Å². The lowest BCUT2D eigenvalue weighted by atomic mass is 10.2. The number of nitrogens with one attached hydrogen (secondary N) is 1. The number of hydrogen-bond donors (Lipinski definition) is 1. The molecule has 8 nitrogen and oxygen atoms in total. The molecule has 9 heteroatoms. The van der Waals surface area contributed by atoms with Crippen molar-refractivity contribution >= 4 is 27.5 Å². The molecule has 1 aliphatic carbocycles. The Morgan fingerprint density at radius 1 is 1.31 bits per heavy atom. The number of ether oxygens (including phenoxy) is 2.